The zero-order valence-electron chi connectivity index (χ0n) is 10.8. The SMILES string of the molecule is CCOC(C)CP(=O)(OCl)C(OCC)OCC. The largest absolute Gasteiger partial charge is 0.378 e. The molecule has 5 nitrogen and oxygen atoms in total. The molecule has 17 heavy (non-hydrogen) atoms. The molecule has 0 aliphatic carbocycles. The molecule has 0 fully saturated rings. The maximum Gasteiger partial charge on any atom is 0.276 e. The van der Waals surface area contributed by atoms with Crippen LogP contribution in [0.1, 0.15) is 27.7 Å². The van der Waals surface area contributed by atoms with Crippen LogP contribution in [0.15, 0.2) is 0 Å². The van der Waals surface area contributed by atoms with Crippen molar-refractivity contribution in [3.05, 3.63) is 0 Å². The van der Waals surface area contributed by atoms with E-state index < -0.39 is 13.4 Å². The maximum absolute atomic E-state index is 12.5. The van der Waals surface area contributed by atoms with Crippen LogP contribution in [0, 0.1) is 0 Å². The monoisotopic (exact) mass is 288 g/mol. The van der Waals surface area contributed by atoms with E-state index >= 15 is 0 Å². The summed E-state index contributed by atoms with van der Waals surface area (Å²) in [4.78, 5) is 0. The molecule has 0 amide bonds. The highest BCUT2D eigenvalue weighted by molar-refractivity contribution is 7.60. The normalized spacial score (nSPS) is 17.1. The third-order valence-electron chi connectivity index (χ3n) is 2.02. The minimum absolute atomic E-state index is 0.162. The quantitative estimate of drug-likeness (QED) is 0.456. The first kappa shape index (κ1) is 17.4. The highest BCUT2D eigenvalue weighted by Crippen LogP contribution is 2.54. The van der Waals surface area contributed by atoms with Gasteiger partial charge in [0.05, 0.1) is 24.1 Å². The highest BCUT2D eigenvalue weighted by atomic mass is 35.5. The smallest absolute Gasteiger partial charge is 0.276 e. The van der Waals surface area contributed by atoms with Gasteiger partial charge in [-0.05, 0) is 27.7 Å². The molecule has 0 bridgehead atoms. The summed E-state index contributed by atoms with van der Waals surface area (Å²) in [5, 5.41) is 0. The fourth-order valence-corrected chi connectivity index (χ4v) is 3.64. The molecule has 2 atom stereocenters. The molecule has 0 aromatic heterocycles. The lowest BCUT2D eigenvalue weighted by molar-refractivity contribution is -0.0870. The van der Waals surface area contributed by atoms with Gasteiger partial charge in [0.15, 0.2) is 0 Å². The lowest BCUT2D eigenvalue weighted by Gasteiger charge is -2.26. The molecule has 0 heterocycles. The van der Waals surface area contributed by atoms with Gasteiger partial charge < -0.3 is 14.2 Å². The molecule has 0 saturated heterocycles. The van der Waals surface area contributed by atoms with Gasteiger partial charge in [-0.15, -0.1) is 0 Å². The van der Waals surface area contributed by atoms with Crippen molar-refractivity contribution in [3.63, 3.8) is 0 Å². The van der Waals surface area contributed by atoms with Crippen molar-refractivity contribution in [3.8, 4) is 0 Å². The summed E-state index contributed by atoms with van der Waals surface area (Å²) in [5.74, 6) is 0. The van der Waals surface area contributed by atoms with Crippen molar-refractivity contribution in [2.45, 2.75) is 39.8 Å². The molecule has 104 valence electrons. The van der Waals surface area contributed by atoms with Crippen molar-refractivity contribution in [2.24, 2.45) is 0 Å². The van der Waals surface area contributed by atoms with Crippen LogP contribution in [0.5, 0.6) is 0 Å². The van der Waals surface area contributed by atoms with Crippen LogP contribution in [0.4, 0.5) is 0 Å². The molecule has 0 rings (SSSR count). The van der Waals surface area contributed by atoms with E-state index in [0.717, 1.165) is 0 Å². The minimum atomic E-state index is -3.23. The van der Waals surface area contributed by atoms with Gasteiger partial charge in [0.25, 0.3) is 7.37 Å². The molecule has 0 spiro atoms. The summed E-state index contributed by atoms with van der Waals surface area (Å²) in [6.45, 7) is 8.53. The van der Waals surface area contributed by atoms with Crippen molar-refractivity contribution >= 4 is 19.2 Å². The van der Waals surface area contributed by atoms with Crippen LogP contribution in [-0.4, -0.2) is 38.1 Å². The van der Waals surface area contributed by atoms with Crippen molar-refractivity contribution in [1.82, 2.24) is 0 Å². The predicted octanol–water partition coefficient (Wildman–Crippen LogP) is 3.22. The molecular weight excluding hydrogens is 267 g/mol. The zero-order valence-corrected chi connectivity index (χ0v) is 12.5. The average molecular weight is 289 g/mol. The number of rotatable bonds is 10. The van der Waals surface area contributed by atoms with Crippen LogP contribution < -0.4 is 0 Å². The fourth-order valence-electron chi connectivity index (χ4n) is 1.40. The van der Waals surface area contributed by atoms with Gasteiger partial charge in [-0.25, -0.2) is 4.08 Å². The standard InChI is InChI=1S/C10H22ClO5P/c1-5-13-9(4)8-17(12,16-11)10(14-6-2)15-7-3/h9-10H,5-8H2,1-4H3. The zero-order chi connectivity index (χ0) is 13.3. The van der Waals surface area contributed by atoms with Gasteiger partial charge >= 0.3 is 0 Å². The fraction of sp³-hybridized carbons (Fsp3) is 1.00. The lowest BCUT2D eigenvalue weighted by atomic mass is 10.5. The topological polar surface area (TPSA) is 54.0 Å². The first-order valence-corrected chi connectivity index (χ1v) is 7.96. The van der Waals surface area contributed by atoms with E-state index in [4.69, 9.17) is 26.1 Å². The summed E-state index contributed by atoms with van der Waals surface area (Å²) in [6.07, 6.45) is -0.0670. The lowest BCUT2D eigenvalue weighted by Crippen LogP contribution is -2.24. The Bertz CT molecular complexity index is 233. The molecule has 0 aliphatic heterocycles. The van der Waals surface area contributed by atoms with E-state index in [1.165, 1.54) is 0 Å². The summed E-state index contributed by atoms with van der Waals surface area (Å²) in [6, 6.07) is -0.932. The first-order valence-electron chi connectivity index (χ1n) is 5.77. The van der Waals surface area contributed by atoms with Crippen LogP contribution in [0.25, 0.3) is 0 Å². The van der Waals surface area contributed by atoms with Gasteiger partial charge in [0.2, 0.25) is 6.03 Å². The van der Waals surface area contributed by atoms with E-state index in [1.54, 1.807) is 20.8 Å². The third kappa shape index (κ3) is 6.18. The summed E-state index contributed by atoms with van der Waals surface area (Å²) < 4.78 is 32.9. The van der Waals surface area contributed by atoms with E-state index in [2.05, 4.69) is 4.08 Å². The Morgan fingerprint density at radius 1 is 1.06 bits per heavy atom. The second-order valence-corrected chi connectivity index (χ2v) is 6.25. The molecular formula is C10H22ClO5P. The van der Waals surface area contributed by atoms with E-state index in [1.807, 2.05) is 6.92 Å². The predicted molar refractivity (Wildman–Crippen MR) is 67.5 cm³/mol. The van der Waals surface area contributed by atoms with Crippen LogP contribution in [-0.2, 0) is 22.9 Å². The number of hydrogen-bond acceptors (Lipinski definition) is 5. The Morgan fingerprint density at radius 3 is 1.88 bits per heavy atom. The van der Waals surface area contributed by atoms with Gasteiger partial charge in [-0.1, -0.05) is 0 Å². The van der Waals surface area contributed by atoms with Crippen molar-refractivity contribution in [1.29, 1.82) is 0 Å². The Labute approximate surface area is 108 Å². The van der Waals surface area contributed by atoms with Crippen molar-refractivity contribution < 1.29 is 22.9 Å². The van der Waals surface area contributed by atoms with E-state index in [-0.39, 0.29) is 12.3 Å². The Morgan fingerprint density at radius 2 is 1.53 bits per heavy atom. The molecule has 0 radical (unpaired) electrons. The maximum atomic E-state index is 12.5. The van der Waals surface area contributed by atoms with E-state index in [0.29, 0.717) is 19.8 Å². The molecule has 0 saturated carbocycles. The Hall–Kier alpha value is 0.360. The van der Waals surface area contributed by atoms with E-state index in [9.17, 15) is 4.57 Å². The number of hydrogen-bond donors (Lipinski definition) is 0. The van der Waals surface area contributed by atoms with Gasteiger partial charge in [-0.2, -0.15) is 0 Å². The second kappa shape index (κ2) is 9.31. The molecule has 7 heteroatoms. The molecule has 0 N–H and O–H groups in total. The Kier molecular flexibility index (Phi) is 9.51. The highest BCUT2D eigenvalue weighted by Gasteiger charge is 2.38. The van der Waals surface area contributed by atoms with Gasteiger partial charge in [0, 0.05) is 19.8 Å². The second-order valence-electron chi connectivity index (χ2n) is 3.46. The minimum Gasteiger partial charge on any atom is -0.378 e. The number of ether oxygens (including phenoxy) is 3. The van der Waals surface area contributed by atoms with Gasteiger partial charge in [0.1, 0.15) is 0 Å². The third-order valence-corrected chi connectivity index (χ3v) is 4.92. The summed E-state index contributed by atoms with van der Waals surface area (Å²) in [5.41, 5.74) is 0. The Balaban J connectivity index is 4.63. The molecule has 2 unspecified atom stereocenters. The molecule has 0 aromatic rings. The summed E-state index contributed by atoms with van der Waals surface area (Å²) in [7, 11) is -3.23. The van der Waals surface area contributed by atoms with Crippen LogP contribution >= 0.6 is 19.2 Å². The molecule has 0 aromatic carbocycles. The van der Waals surface area contributed by atoms with Gasteiger partial charge in [-0.3, -0.25) is 4.57 Å². The molecule has 0 aliphatic rings. The van der Waals surface area contributed by atoms with Crippen molar-refractivity contribution in [2.75, 3.05) is 26.0 Å². The first-order chi connectivity index (χ1) is 8.03. The average Bonchev–Trinajstić information content (AvgIpc) is 2.29. The van der Waals surface area contributed by atoms with Crippen LogP contribution in [0.3, 0.4) is 0 Å². The number of halogens is 1. The van der Waals surface area contributed by atoms with Crippen LogP contribution in [0.2, 0.25) is 0 Å². The summed E-state index contributed by atoms with van der Waals surface area (Å²) >= 11 is 5.34.